The summed E-state index contributed by atoms with van der Waals surface area (Å²) >= 11 is 0. The molecule has 74 valence electrons. The van der Waals surface area contributed by atoms with Crippen LogP contribution in [0.1, 0.15) is 45.4 Å². The standard InChI is InChI=1S/C12H20O/c1-2-3-4-5-6-7-9-12-10-8-11-13-12/h7-9,11-12H,2-6,10H2,1H3. The topological polar surface area (TPSA) is 9.23 Å². The van der Waals surface area contributed by atoms with Gasteiger partial charge in [-0.15, -0.1) is 0 Å². The lowest BCUT2D eigenvalue weighted by molar-refractivity contribution is 0.214. The second kappa shape index (κ2) is 6.76. The molecule has 0 aromatic rings. The molecular formula is C12H20O. The zero-order chi connectivity index (χ0) is 9.36. The van der Waals surface area contributed by atoms with E-state index in [0.717, 1.165) is 6.42 Å². The van der Waals surface area contributed by atoms with Gasteiger partial charge >= 0.3 is 0 Å². The second-order valence-corrected chi connectivity index (χ2v) is 3.56. The maximum atomic E-state index is 5.31. The van der Waals surface area contributed by atoms with Crippen LogP contribution in [0.3, 0.4) is 0 Å². The van der Waals surface area contributed by atoms with Gasteiger partial charge in [0.2, 0.25) is 0 Å². The van der Waals surface area contributed by atoms with Crippen LogP contribution >= 0.6 is 0 Å². The summed E-state index contributed by atoms with van der Waals surface area (Å²) in [5, 5.41) is 0. The van der Waals surface area contributed by atoms with E-state index in [1.807, 2.05) is 0 Å². The summed E-state index contributed by atoms with van der Waals surface area (Å²) in [6, 6.07) is 0. The highest BCUT2D eigenvalue weighted by Gasteiger charge is 2.04. The number of hydrogen-bond acceptors (Lipinski definition) is 1. The Labute approximate surface area is 81.5 Å². The number of ether oxygens (including phenoxy) is 1. The van der Waals surface area contributed by atoms with Crippen molar-refractivity contribution in [2.75, 3.05) is 0 Å². The van der Waals surface area contributed by atoms with Crippen molar-refractivity contribution in [1.29, 1.82) is 0 Å². The van der Waals surface area contributed by atoms with Crippen LogP contribution in [0, 0.1) is 0 Å². The summed E-state index contributed by atoms with van der Waals surface area (Å²) in [5.41, 5.74) is 0. The molecule has 1 atom stereocenters. The first-order chi connectivity index (χ1) is 6.43. The third-order valence-electron chi connectivity index (χ3n) is 2.29. The van der Waals surface area contributed by atoms with Gasteiger partial charge in [-0.05, 0) is 25.0 Å². The van der Waals surface area contributed by atoms with Crippen LogP contribution in [0.25, 0.3) is 0 Å². The fraction of sp³-hybridized carbons (Fsp3) is 0.667. The molecule has 1 rings (SSSR count). The predicted molar refractivity (Wildman–Crippen MR) is 56.5 cm³/mol. The van der Waals surface area contributed by atoms with E-state index in [0.29, 0.717) is 6.10 Å². The first kappa shape index (κ1) is 10.4. The third-order valence-corrected chi connectivity index (χ3v) is 2.29. The molecule has 0 amide bonds. The number of unbranched alkanes of at least 4 members (excludes halogenated alkanes) is 4. The molecule has 1 heteroatoms. The molecule has 0 aliphatic carbocycles. The summed E-state index contributed by atoms with van der Waals surface area (Å²) < 4.78 is 5.31. The van der Waals surface area contributed by atoms with E-state index in [1.54, 1.807) is 6.26 Å². The summed E-state index contributed by atoms with van der Waals surface area (Å²) in [7, 11) is 0. The van der Waals surface area contributed by atoms with Gasteiger partial charge in [0.1, 0.15) is 6.10 Å². The van der Waals surface area contributed by atoms with Crippen LogP contribution in [-0.2, 0) is 4.74 Å². The van der Waals surface area contributed by atoms with Gasteiger partial charge in [0.05, 0.1) is 6.26 Å². The van der Waals surface area contributed by atoms with Crippen molar-refractivity contribution in [1.82, 2.24) is 0 Å². The lowest BCUT2D eigenvalue weighted by Crippen LogP contribution is -1.98. The van der Waals surface area contributed by atoms with E-state index in [4.69, 9.17) is 4.74 Å². The largest absolute Gasteiger partial charge is 0.494 e. The molecule has 0 aromatic heterocycles. The van der Waals surface area contributed by atoms with Gasteiger partial charge in [0.25, 0.3) is 0 Å². The van der Waals surface area contributed by atoms with Crippen molar-refractivity contribution in [3.63, 3.8) is 0 Å². The number of hydrogen-bond donors (Lipinski definition) is 0. The third kappa shape index (κ3) is 4.76. The van der Waals surface area contributed by atoms with Crippen LogP contribution in [0.15, 0.2) is 24.5 Å². The van der Waals surface area contributed by atoms with Gasteiger partial charge in [-0.2, -0.15) is 0 Å². The predicted octanol–water partition coefficient (Wildman–Crippen LogP) is 3.82. The average Bonchev–Trinajstić information content (AvgIpc) is 2.63. The molecule has 1 aliphatic rings. The maximum absolute atomic E-state index is 5.31. The van der Waals surface area contributed by atoms with Crippen LogP contribution in [-0.4, -0.2) is 6.10 Å². The van der Waals surface area contributed by atoms with Crippen LogP contribution in [0.4, 0.5) is 0 Å². The Morgan fingerprint density at radius 1 is 1.38 bits per heavy atom. The maximum Gasteiger partial charge on any atom is 0.119 e. The minimum Gasteiger partial charge on any atom is -0.494 e. The van der Waals surface area contributed by atoms with Crippen LogP contribution < -0.4 is 0 Å². The zero-order valence-corrected chi connectivity index (χ0v) is 8.54. The molecule has 0 saturated heterocycles. The van der Waals surface area contributed by atoms with E-state index in [2.05, 4.69) is 25.2 Å². The molecule has 0 N–H and O–H groups in total. The minimum absolute atomic E-state index is 0.325. The summed E-state index contributed by atoms with van der Waals surface area (Å²) in [4.78, 5) is 0. The minimum atomic E-state index is 0.325. The van der Waals surface area contributed by atoms with E-state index >= 15 is 0 Å². The molecule has 0 saturated carbocycles. The van der Waals surface area contributed by atoms with Crippen molar-refractivity contribution in [3.05, 3.63) is 24.5 Å². The molecule has 1 heterocycles. The van der Waals surface area contributed by atoms with Crippen LogP contribution in [0.2, 0.25) is 0 Å². The highest BCUT2D eigenvalue weighted by Crippen LogP contribution is 2.11. The lowest BCUT2D eigenvalue weighted by atomic mass is 10.1. The van der Waals surface area contributed by atoms with Crippen molar-refractivity contribution in [2.24, 2.45) is 0 Å². The van der Waals surface area contributed by atoms with E-state index in [9.17, 15) is 0 Å². The Kier molecular flexibility index (Phi) is 5.39. The van der Waals surface area contributed by atoms with Crippen molar-refractivity contribution >= 4 is 0 Å². The van der Waals surface area contributed by atoms with Crippen LogP contribution in [0.5, 0.6) is 0 Å². The summed E-state index contributed by atoms with van der Waals surface area (Å²) in [6.45, 7) is 2.24. The molecular weight excluding hydrogens is 160 g/mol. The van der Waals surface area contributed by atoms with Crippen molar-refractivity contribution in [3.8, 4) is 0 Å². The summed E-state index contributed by atoms with van der Waals surface area (Å²) in [5.74, 6) is 0. The van der Waals surface area contributed by atoms with E-state index in [1.165, 1.54) is 32.1 Å². The normalized spacial score (nSPS) is 21.2. The first-order valence-corrected chi connectivity index (χ1v) is 5.40. The SMILES string of the molecule is CCCCCCC=CC1CC=CO1. The molecule has 0 radical (unpaired) electrons. The molecule has 1 nitrogen and oxygen atoms in total. The average molecular weight is 180 g/mol. The van der Waals surface area contributed by atoms with Crippen molar-refractivity contribution < 1.29 is 4.74 Å². The molecule has 0 bridgehead atoms. The van der Waals surface area contributed by atoms with Gasteiger partial charge < -0.3 is 4.74 Å². The first-order valence-electron chi connectivity index (χ1n) is 5.40. The highest BCUT2D eigenvalue weighted by atomic mass is 16.5. The molecule has 0 spiro atoms. The van der Waals surface area contributed by atoms with Gasteiger partial charge in [-0.25, -0.2) is 0 Å². The van der Waals surface area contributed by atoms with Gasteiger partial charge in [0, 0.05) is 6.42 Å². The molecule has 1 aliphatic heterocycles. The molecule has 0 fully saturated rings. The smallest absolute Gasteiger partial charge is 0.119 e. The Balaban J connectivity index is 1.92. The highest BCUT2D eigenvalue weighted by molar-refractivity contribution is 4.98. The van der Waals surface area contributed by atoms with Gasteiger partial charge in [-0.1, -0.05) is 32.3 Å². The monoisotopic (exact) mass is 180 g/mol. The van der Waals surface area contributed by atoms with E-state index in [-0.39, 0.29) is 0 Å². The Hall–Kier alpha value is -0.720. The lowest BCUT2D eigenvalue weighted by Gasteiger charge is -2.02. The van der Waals surface area contributed by atoms with Crippen molar-refractivity contribution in [2.45, 2.75) is 51.6 Å². The summed E-state index contributed by atoms with van der Waals surface area (Å²) in [6.07, 6.45) is 16.3. The number of allylic oxidation sites excluding steroid dienone is 1. The fourth-order valence-electron chi connectivity index (χ4n) is 1.46. The quantitative estimate of drug-likeness (QED) is 0.446. The van der Waals surface area contributed by atoms with Gasteiger partial charge in [-0.3, -0.25) is 0 Å². The molecule has 0 aromatic carbocycles. The van der Waals surface area contributed by atoms with Gasteiger partial charge in [0.15, 0.2) is 0 Å². The second-order valence-electron chi connectivity index (χ2n) is 3.56. The molecule has 13 heavy (non-hydrogen) atoms. The Morgan fingerprint density at radius 3 is 3.00 bits per heavy atom. The Morgan fingerprint density at radius 2 is 2.31 bits per heavy atom. The fourth-order valence-corrected chi connectivity index (χ4v) is 1.46. The Bertz CT molecular complexity index is 162. The zero-order valence-electron chi connectivity index (χ0n) is 8.54. The number of rotatable bonds is 6. The molecule has 1 unspecified atom stereocenters. The van der Waals surface area contributed by atoms with E-state index < -0.39 is 0 Å².